The van der Waals surface area contributed by atoms with Crippen molar-refractivity contribution in [1.29, 1.82) is 0 Å². The Bertz CT molecular complexity index is 457. The third kappa shape index (κ3) is 2.68. The molecule has 0 aliphatic heterocycles. The van der Waals surface area contributed by atoms with Crippen molar-refractivity contribution >= 4 is 28.8 Å². The van der Waals surface area contributed by atoms with Crippen LogP contribution in [-0.2, 0) is 5.75 Å². The highest BCUT2D eigenvalue weighted by molar-refractivity contribution is 7.98. The molecule has 0 spiro atoms. The van der Waals surface area contributed by atoms with Crippen LogP contribution in [0.15, 0.2) is 34.8 Å². The predicted molar refractivity (Wildman–Crippen MR) is 69.1 cm³/mol. The second-order valence-corrected chi connectivity index (χ2v) is 5.15. The van der Waals surface area contributed by atoms with Crippen LogP contribution in [0.5, 0.6) is 5.75 Å². The summed E-state index contributed by atoms with van der Waals surface area (Å²) in [4.78, 5) is 6.33. The van der Waals surface area contributed by atoms with Gasteiger partial charge in [0.2, 0.25) is 0 Å². The van der Waals surface area contributed by atoms with Gasteiger partial charge in [0.1, 0.15) is 5.75 Å². The van der Waals surface area contributed by atoms with Crippen LogP contribution in [-0.4, -0.2) is 12.1 Å². The van der Waals surface area contributed by atoms with Crippen molar-refractivity contribution in [2.24, 2.45) is 0 Å². The lowest BCUT2D eigenvalue weighted by molar-refractivity contribution is 0.414. The molecule has 0 atom stereocenters. The van der Waals surface area contributed by atoms with E-state index < -0.39 is 0 Å². The third-order valence-corrected chi connectivity index (χ3v) is 4.16. The number of rotatable bonds is 4. The summed E-state index contributed by atoms with van der Waals surface area (Å²) >= 11 is 3.35. The predicted octanol–water partition coefficient (Wildman–Crippen LogP) is 3.03. The van der Waals surface area contributed by atoms with E-state index in [4.69, 9.17) is 10.5 Å². The average molecular weight is 252 g/mol. The first kappa shape index (κ1) is 11.3. The Morgan fingerprint density at radius 3 is 3.06 bits per heavy atom. The molecule has 1 aromatic carbocycles. The maximum absolute atomic E-state index is 5.89. The van der Waals surface area contributed by atoms with Gasteiger partial charge in [-0.2, -0.15) is 0 Å². The zero-order valence-electron chi connectivity index (χ0n) is 8.84. The minimum absolute atomic E-state index is 0.787. The Balaban J connectivity index is 2.08. The van der Waals surface area contributed by atoms with Gasteiger partial charge in [0, 0.05) is 27.4 Å². The molecule has 1 aromatic heterocycles. The number of benzene rings is 1. The van der Waals surface area contributed by atoms with Crippen LogP contribution in [0, 0.1) is 0 Å². The molecule has 16 heavy (non-hydrogen) atoms. The van der Waals surface area contributed by atoms with Gasteiger partial charge in [-0.15, -0.1) is 23.1 Å². The van der Waals surface area contributed by atoms with Crippen LogP contribution in [0.4, 0.5) is 5.69 Å². The molecule has 3 nitrogen and oxygen atoms in total. The molecule has 0 amide bonds. The van der Waals surface area contributed by atoms with Gasteiger partial charge in [-0.3, -0.25) is 4.98 Å². The van der Waals surface area contributed by atoms with Crippen molar-refractivity contribution in [1.82, 2.24) is 4.98 Å². The first-order valence-corrected chi connectivity index (χ1v) is 6.60. The fraction of sp³-hybridized carbons (Fsp3) is 0.182. The van der Waals surface area contributed by atoms with Crippen molar-refractivity contribution in [2.45, 2.75) is 10.6 Å². The minimum atomic E-state index is 0.787. The second-order valence-electron chi connectivity index (χ2n) is 3.16. The number of aromatic nitrogens is 1. The summed E-state index contributed by atoms with van der Waals surface area (Å²) in [5.41, 5.74) is 8.52. The molecule has 0 saturated carbocycles. The monoisotopic (exact) mass is 252 g/mol. The van der Waals surface area contributed by atoms with E-state index >= 15 is 0 Å². The number of nitrogens with zero attached hydrogens (tertiary/aromatic N) is 1. The number of thioether (sulfide) groups is 1. The van der Waals surface area contributed by atoms with E-state index in [1.807, 2.05) is 29.9 Å². The second kappa shape index (κ2) is 5.23. The Morgan fingerprint density at radius 2 is 2.38 bits per heavy atom. The standard InChI is InChI=1S/C11H12N2OS2/c1-14-8-2-3-10(12)11(4-8)15-6-9-5-13-7-16-9/h2-5,7H,6,12H2,1H3. The molecule has 0 radical (unpaired) electrons. The van der Waals surface area contributed by atoms with E-state index in [-0.39, 0.29) is 0 Å². The maximum Gasteiger partial charge on any atom is 0.120 e. The average Bonchev–Trinajstić information content (AvgIpc) is 2.81. The highest BCUT2D eigenvalue weighted by Crippen LogP contribution is 2.31. The van der Waals surface area contributed by atoms with Crippen molar-refractivity contribution in [3.8, 4) is 5.75 Å². The van der Waals surface area contributed by atoms with Gasteiger partial charge in [-0.05, 0) is 18.2 Å². The molecule has 0 aliphatic carbocycles. The van der Waals surface area contributed by atoms with Crippen molar-refractivity contribution in [3.63, 3.8) is 0 Å². The minimum Gasteiger partial charge on any atom is -0.497 e. The molecule has 0 fully saturated rings. The van der Waals surface area contributed by atoms with E-state index in [9.17, 15) is 0 Å². The van der Waals surface area contributed by atoms with Crippen LogP contribution in [0.25, 0.3) is 0 Å². The first-order valence-electron chi connectivity index (χ1n) is 4.73. The third-order valence-electron chi connectivity index (χ3n) is 2.07. The smallest absolute Gasteiger partial charge is 0.120 e. The number of nitrogens with two attached hydrogens (primary N) is 1. The van der Waals surface area contributed by atoms with E-state index in [1.54, 1.807) is 30.2 Å². The van der Waals surface area contributed by atoms with Crippen LogP contribution in [0.2, 0.25) is 0 Å². The fourth-order valence-electron chi connectivity index (χ4n) is 1.23. The van der Waals surface area contributed by atoms with Crippen LogP contribution in [0.3, 0.4) is 0 Å². The Morgan fingerprint density at radius 1 is 1.50 bits per heavy atom. The lowest BCUT2D eigenvalue weighted by Gasteiger charge is -2.06. The van der Waals surface area contributed by atoms with Gasteiger partial charge in [-0.25, -0.2) is 0 Å². The van der Waals surface area contributed by atoms with Gasteiger partial charge in [0.05, 0.1) is 12.6 Å². The molecule has 0 aliphatic rings. The van der Waals surface area contributed by atoms with Gasteiger partial charge in [-0.1, -0.05) is 0 Å². The zero-order valence-corrected chi connectivity index (χ0v) is 10.5. The normalized spacial score (nSPS) is 10.3. The van der Waals surface area contributed by atoms with E-state index in [0.717, 1.165) is 22.1 Å². The molecule has 5 heteroatoms. The van der Waals surface area contributed by atoms with Gasteiger partial charge in [0.25, 0.3) is 0 Å². The number of methoxy groups -OCH3 is 1. The summed E-state index contributed by atoms with van der Waals surface area (Å²) in [7, 11) is 1.66. The number of thiazole rings is 1. The Hall–Kier alpha value is -1.20. The summed E-state index contributed by atoms with van der Waals surface area (Å²) in [6, 6.07) is 5.70. The topological polar surface area (TPSA) is 48.1 Å². The van der Waals surface area contributed by atoms with Crippen molar-refractivity contribution < 1.29 is 4.74 Å². The lowest BCUT2D eigenvalue weighted by atomic mass is 10.3. The van der Waals surface area contributed by atoms with Crippen LogP contribution in [0.1, 0.15) is 4.88 Å². The highest BCUT2D eigenvalue weighted by Gasteiger charge is 2.03. The van der Waals surface area contributed by atoms with Crippen LogP contribution >= 0.6 is 23.1 Å². The first-order chi connectivity index (χ1) is 7.79. The molecular formula is C11H12N2OS2. The molecule has 2 rings (SSSR count). The summed E-state index contributed by atoms with van der Waals surface area (Å²) in [5.74, 6) is 1.73. The molecule has 0 saturated heterocycles. The molecule has 84 valence electrons. The zero-order chi connectivity index (χ0) is 11.4. The van der Waals surface area contributed by atoms with E-state index in [0.29, 0.717) is 0 Å². The SMILES string of the molecule is COc1ccc(N)c(SCc2cncs2)c1. The molecular weight excluding hydrogens is 240 g/mol. The largest absolute Gasteiger partial charge is 0.497 e. The van der Waals surface area contributed by atoms with Gasteiger partial charge >= 0.3 is 0 Å². The Labute approximate surface area is 103 Å². The summed E-state index contributed by atoms with van der Waals surface area (Å²) in [5, 5.41) is 0. The lowest BCUT2D eigenvalue weighted by Crippen LogP contribution is -1.90. The summed E-state index contributed by atoms with van der Waals surface area (Å²) in [6.07, 6.45) is 1.88. The number of anilines is 1. The number of nitrogen functional groups attached to an aromatic ring is 1. The molecule has 0 unspecified atom stereocenters. The van der Waals surface area contributed by atoms with E-state index in [2.05, 4.69) is 4.98 Å². The molecule has 2 aromatic rings. The van der Waals surface area contributed by atoms with Crippen molar-refractivity contribution in [2.75, 3.05) is 12.8 Å². The van der Waals surface area contributed by atoms with E-state index in [1.165, 1.54) is 4.88 Å². The quantitative estimate of drug-likeness (QED) is 0.671. The highest BCUT2D eigenvalue weighted by atomic mass is 32.2. The van der Waals surface area contributed by atoms with Crippen molar-refractivity contribution in [3.05, 3.63) is 34.8 Å². The Kier molecular flexibility index (Phi) is 3.69. The summed E-state index contributed by atoms with van der Waals surface area (Å²) in [6.45, 7) is 0. The fourth-order valence-corrected chi connectivity index (χ4v) is 2.86. The van der Waals surface area contributed by atoms with Gasteiger partial charge < -0.3 is 10.5 Å². The molecule has 0 bridgehead atoms. The maximum atomic E-state index is 5.89. The number of hydrogen-bond acceptors (Lipinski definition) is 5. The molecule has 2 N–H and O–H groups in total. The summed E-state index contributed by atoms with van der Waals surface area (Å²) < 4.78 is 5.17. The van der Waals surface area contributed by atoms with Crippen LogP contribution < -0.4 is 10.5 Å². The number of hydrogen-bond donors (Lipinski definition) is 1. The number of ether oxygens (including phenoxy) is 1. The molecule has 1 heterocycles. The van der Waals surface area contributed by atoms with Gasteiger partial charge in [0.15, 0.2) is 0 Å².